The van der Waals surface area contributed by atoms with Crippen molar-refractivity contribution in [1.82, 2.24) is 20.0 Å². The number of methoxy groups -OCH3 is 1. The number of urea groups is 1. The van der Waals surface area contributed by atoms with Gasteiger partial charge >= 0.3 is 12.2 Å². The summed E-state index contributed by atoms with van der Waals surface area (Å²) in [5, 5.41) is 15.5. The van der Waals surface area contributed by atoms with Crippen LogP contribution in [0.25, 0.3) is 0 Å². The molecule has 0 aromatic heterocycles. The Morgan fingerprint density at radius 1 is 1.22 bits per heavy atom. The van der Waals surface area contributed by atoms with E-state index in [9.17, 15) is 32.7 Å². The van der Waals surface area contributed by atoms with Crippen LogP contribution in [-0.4, -0.2) is 102 Å². The van der Waals surface area contributed by atoms with E-state index >= 15 is 0 Å². The van der Waals surface area contributed by atoms with E-state index in [1.807, 2.05) is 0 Å². The first-order chi connectivity index (χ1) is 19.3. The molecular formula is C27H37ClF3N5O5. The quantitative estimate of drug-likeness (QED) is 0.394. The summed E-state index contributed by atoms with van der Waals surface area (Å²) in [6, 6.07) is 0.861. The van der Waals surface area contributed by atoms with Crippen molar-refractivity contribution >= 4 is 35.1 Å². The van der Waals surface area contributed by atoms with Gasteiger partial charge in [0.05, 0.1) is 22.7 Å². The number of rotatable bonds is 8. The molecule has 1 spiro atoms. The zero-order chi connectivity index (χ0) is 30.1. The van der Waals surface area contributed by atoms with Crippen LogP contribution in [0.1, 0.15) is 44.6 Å². The van der Waals surface area contributed by atoms with Gasteiger partial charge in [0.25, 0.3) is 0 Å². The predicted octanol–water partition coefficient (Wildman–Crippen LogP) is 3.14. The van der Waals surface area contributed by atoms with Crippen molar-refractivity contribution in [3.05, 3.63) is 28.8 Å². The number of hydrogen-bond acceptors (Lipinski definition) is 6. The number of nitrogens with zero attached hydrogens (tertiary/aromatic N) is 3. The van der Waals surface area contributed by atoms with Crippen LogP contribution in [0.2, 0.25) is 5.02 Å². The molecular weight excluding hydrogens is 567 g/mol. The standard InChI is InChI=1S/C27H37ClF3N5O5/c1-16-24(39)36(13-12-35(16)25(40)33-17-4-5-18(19(28)14-17)27(29,30)31)20(23(32-2)41-3)6-7-22(38)34-11-10-26(8-9-26)21(37)15-34/h4-5,14,16,20-21,23,32,37H,6-13,15H2,1-3H3,(H,33,40). The number of ether oxygens (including phenoxy) is 1. The molecule has 10 nitrogen and oxygen atoms in total. The molecule has 3 N–H and O–H groups in total. The third-order valence-electron chi connectivity index (χ3n) is 8.64. The lowest BCUT2D eigenvalue weighted by Gasteiger charge is -2.44. The number of carbonyl (C=O) groups excluding carboxylic acids is 3. The summed E-state index contributed by atoms with van der Waals surface area (Å²) in [6.45, 7) is 2.80. The molecule has 4 atom stereocenters. The van der Waals surface area contributed by atoms with E-state index in [0.717, 1.165) is 37.5 Å². The second kappa shape index (κ2) is 12.3. The van der Waals surface area contributed by atoms with Crippen LogP contribution < -0.4 is 10.6 Å². The second-order valence-corrected chi connectivity index (χ2v) is 11.4. The molecule has 228 valence electrons. The van der Waals surface area contributed by atoms with Crippen LogP contribution in [0, 0.1) is 5.41 Å². The number of β-amino-alcohol motifs (C(OH)–C–C–N with tert-alkyl or cyclic N) is 1. The number of halogens is 4. The summed E-state index contributed by atoms with van der Waals surface area (Å²) < 4.78 is 44.6. The Kier molecular flexibility index (Phi) is 9.42. The topological polar surface area (TPSA) is 114 Å². The molecule has 41 heavy (non-hydrogen) atoms. The van der Waals surface area contributed by atoms with E-state index in [4.69, 9.17) is 16.3 Å². The minimum atomic E-state index is -4.63. The van der Waals surface area contributed by atoms with Crippen LogP contribution in [0.5, 0.6) is 0 Å². The molecule has 0 radical (unpaired) electrons. The summed E-state index contributed by atoms with van der Waals surface area (Å²) in [6.07, 6.45) is -2.46. The van der Waals surface area contributed by atoms with Crippen molar-refractivity contribution in [2.45, 2.75) is 69.6 Å². The molecule has 1 aliphatic carbocycles. The molecule has 3 fully saturated rings. The Bertz CT molecular complexity index is 1150. The predicted molar refractivity (Wildman–Crippen MR) is 145 cm³/mol. The smallest absolute Gasteiger partial charge is 0.391 e. The number of nitrogens with one attached hydrogen (secondary N) is 2. The molecule has 1 aromatic rings. The molecule has 14 heteroatoms. The number of carbonyl (C=O) groups is 3. The SMILES string of the molecule is CNC(OC)C(CCC(=O)N1CCC2(CC2)C(O)C1)N1CCN(C(=O)Nc2ccc(C(F)(F)F)c(Cl)c2)C(C)C1=O. The van der Waals surface area contributed by atoms with Gasteiger partial charge in [-0.3, -0.25) is 14.9 Å². The van der Waals surface area contributed by atoms with Gasteiger partial charge in [0.1, 0.15) is 12.3 Å². The molecule has 1 saturated carbocycles. The van der Waals surface area contributed by atoms with Gasteiger partial charge < -0.3 is 29.9 Å². The molecule has 1 aromatic carbocycles. The third-order valence-corrected chi connectivity index (χ3v) is 8.96. The van der Waals surface area contributed by atoms with Crippen molar-refractivity contribution in [3.63, 3.8) is 0 Å². The van der Waals surface area contributed by atoms with E-state index in [2.05, 4.69) is 10.6 Å². The van der Waals surface area contributed by atoms with Gasteiger partial charge in [-0.25, -0.2) is 4.79 Å². The summed E-state index contributed by atoms with van der Waals surface area (Å²) in [4.78, 5) is 44.1. The number of amides is 4. The number of piperidine rings is 1. The number of aliphatic hydroxyl groups excluding tert-OH is 1. The summed E-state index contributed by atoms with van der Waals surface area (Å²) in [5.41, 5.74) is -0.962. The minimum absolute atomic E-state index is 0.0140. The van der Waals surface area contributed by atoms with Crippen molar-refractivity contribution in [1.29, 1.82) is 0 Å². The number of anilines is 1. The number of likely N-dealkylation sites (N-methyl/N-ethyl adjacent to an activating group) is 1. The number of piperazine rings is 1. The van der Waals surface area contributed by atoms with Crippen molar-refractivity contribution in [3.8, 4) is 0 Å². The van der Waals surface area contributed by atoms with Gasteiger partial charge in [0, 0.05) is 45.4 Å². The van der Waals surface area contributed by atoms with E-state index < -0.39 is 47.2 Å². The van der Waals surface area contributed by atoms with Crippen LogP contribution in [0.15, 0.2) is 18.2 Å². The zero-order valence-corrected chi connectivity index (χ0v) is 24.1. The van der Waals surface area contributed by atoms with Crippen LogP contribution >= 0.6 is 11.6 Å². The fourth-order valence-corrected chi connectivity index (χ4v) is 6.16. The Labute approximate surface area is 242 Å². The molecule has 2 heterocycles. The highest BCUT2D eigenvalue weighted by atomic mass is 35.5. The Balaban J connectivity index is 1.38. The fourth-order valence-electron chi connectivity index (χ4n) is 5.87. The molecule has 3 aliphatic rings. The van der Waals surface area contributed by atoms with Gasteiger partial charge in [-0.2, -0.15) is 13.2 Å². The van der Waals surface area contributed by atoms with Gasteiger partial charge in [0.15, 0.2) is 0 Å². The maximum Gasteiger partial charge on any atom is 0.417 e. The Morgan fingerprint density at radius 3 is 2.49 bits per heavy atom. The molecule has 4 rings (SSSR count). The normalized spacial score (nSPS) is 23.9. The van der Waals surface area contributed by atoms with Crippen molar-refractivity contribution in [2.24, 2.45) is 5.41 Å². The second-order valence-electron chi connectivity index (χ2n) is 11.0. The van der Waals surface area contributed by atoms with Gasteiger partial charge in [-0.15, -0.1) is 0 Å². The molecule has 4 amide bonds. The van der Waals surface area contributed by atoms with Crippen molar-refractivity contribution in [2.75, 3.05) is 45.7 Å². The first-order valence-corrected chi connectivity index (χ1v) is 14.1. The highest BCUT2D eigenvalue weighted by Gasteiger charge is 2.52. The summed E-state index contributed by atoms with van der Waals surface area (Å²) >= 11 is 5.77. The third kappa shape index (κ3) is 6.73. The maximum absolute atomic E-state index is 13.5. The van der Waals surface area contributed by atoms with Crippen LogP contribution in [-0.2, 0) is 20.5 Å². The van der Waals surface area contributed by atoms with E-state index in [1.165, 1.54) is 12.0 Å². The van der Waals surface area contributed by atoms with Crippen LogP contribution in [0.4, 0.5) is 23.7 Å². The fraction of sp³-hybridized carbons (Fsp3) is 0.667. The maximum atomic E-state index is 13.5. The van der Waals surface area contributed by atoms with E-state index in [1.54, 1.807) is 23.8 Å². The molecule has 0 bridgehead atoms. The largest absolute Gasteiger partial charge is 0.417 e. The molecule has 2 aliphatic heterocycles. The lowest BCUT2D eigenvalue weighted by atomic mass is 9.90. The summed E-state index contributed by atoms with van der Waals surface area (Å²) in [5.74, 6) is -0.445. The highest BCUT2D eigenvalue weighted by Crippen LogP contribution is 2.53. The lowest BCUT2D eigenvalue weighted by molar-refractivity contribution is -0.148. The van der Waals surface area contributed by atoms with Crippen LogP contribution in [0.3, 0.4) is 0 Å². The summed E-state index contributed by atoms with van der Waals surface area (Å²) in [7, 11) is 3.19. The monoisotopic (exact) mass is 603 g/mol. The van der Waals surface area contributed by atoms with E-state index in [-0.39, 0.29) is 42.4 Å². The highest BCUT2D eigenvalue weighted by molar-refractivity contribution is 6.31. The number of benzene rings is 1. The number of hydrogen-bond donors (Lipinski definition) is 3. The number of alkyl halides is 3. The Hall–Kier alpha value is -2.61. The first kappa shape index (κ1) is 31.3. The van der Waals surface area contributed by atoms with Gasteiger partial charge in [0.2, 0.25) is 11.8 Å². The lowest BCUT2D eigenvalue weighted by Crippen LogP contribution is -2.64. The molecule has 2 saturated heterocycles. The van der Waals surface area contributed by atoms with Gasteiger partial charge in [-0.1, -0.05) is 11.6 Å². The molecule has 4 unspecified atom stereocenters. The Morgan fingerprint density at radius 2 is 1.93 bits per heavy atom. The minimum Gasteiger partial charge on any atom is -0.391 e. The number of aliphatic hydroxyl groups is 1. The number of likely N-dealkylation sites (tertiary alicyclic amines) is 1. The average molecular weight is 604 g/mol. The van der Waals surface area contributed by atoms with E-state index in [0.29, 0.717) is 19.5 Å². The van der Waals surface area contributed by atoms with Gasteiger partial charge in [-0.05, 0) is 63.3 Å². The first-order valence-electron chi connectivity index (χ1n) is 13.7. The average Bonchev–Trinajstić information content (AvgIpc) is 3.69. The zero-order valence-electron chi connectivity index (χ0n) is 23.3. The van der Waals surface area contributed by atoms with Crippen molar-refractivity contribution < 1.29 is 37.4 Å².